The van der Waals surface area contributed by atoms with Gasteiger partial charge in [0.1, 0.15) is 23.0 Å². The number of hydrogen-bond acceptors (Lipinski definition) is 10. The Morgan fingerprint density at radius 2 is 1.87 bits per heavy atom. The van der Waals surface area contributed by atoms with E-state index >= 15 is 0 Å². The molecule has 38 heavy (non-hydrogen) atoms. The molecule has 1 aromatic carbocycles. The molecule has 0 bridgehead atoms. The third-order valence-electron chi connectivity index (χ3n) is 6.13. The van der Waals surface area contributed by atoms with E-state index in [-0.39, 0.29) is 6.54 Å². The van der Waals surface area contributed by atoms with E-state index in [0.29, 0.717) is 41.9 Å². The predicted molar refractivity (Wildman–Crippen MR) is 148 cm³/mol. The summed E-state index contributed by atoms with van der Waals surface area (Å²) in [5.74, 6) is 1.56. The summed E-state index contributed by atoms with van der Waals surface area (Å²) in [4.78, 5) is 31.2. The molecule has 0 amide bonds. The highest BCUT2D eigenvalue weighted by Gasteiger charge is 2.16. The van der Waals surface area contributed by atoms with Crippen LogP contribution in [0, 0.1) is 0 Å². The summed E-state index contributed by atoms with van der Waals surface area (Å²) >= 11 is 0. The SMILES string of the molecule is CNc1ccc2oc(-c3cnc(NC)c4cnc(Nc5cccc(CCN(C)CC(=O)O)n5)cc34)nc2c1. The molecule has 0 saturated heterocycles. The number of fused-ring (bicyclic) bond motifs is 2. The Hall–Kier alpha value is -4.77. The van der Waals surface area contributed by atoms with Gasteiger partial charge in [-0.15, -0.1) is 0 Å². The molecule has 0 aliphatic heterocycles. The third kappa shape index (κ3) is 5.32. The number of oxazole rings is 1. The summed E-state index contributed by atoms with van der Waals surface area (Å²) in [5, 5.41) is 20.2. The number of nitrogens with one attached hydrogen (secondary N) is 3. The zero-order valence-electron chi connectivity index (χ0n) is 21.3. The van der Waals surface area contributed by atoms with Gasteiger partial charge in [0.05, 0.1) is 12.1 Å². The predicted octanol–water partition coefficient (Wildman–Crippen LogP) is 4.22. The van der Waals surface area contributed by atoms with Gasteiger partial charge in [-0.1, -0.05) is 6.07 Å². The molecule has 0 unspecified atom stereocenters. The lowest BCUT2D eigenvalue weighted by Gasteiger charge is -2.14. The highest BCUT2D eigenvalue weighted by molar-refractivity contribution is 6.01. The molecule has 4 aromatic heterocycles. The number of benzene rings is 1. The van der Waals surface area contributed by atoms with E-state index in [2.05, 4.69) is 30.9 Å². The quantitative estimate of drug-likeness (QED) is 0.214. The average molecular weight is 513 g/mol. The molecule has 11 nitrogen and oxygen atoms in total. The summed E-state index contributed by atoms with van der Waals surface area (Å²) in [5.41, 5.74) is 3.98. The molecule has 11 heteroatoms. The summed E-state index contributed by atoms with van der Waals surface area (Å²) in [6.45, 7) is 0.571. The minimum absolute atomic E-state index is 0.0124. The number of hydrogen-bond donors (Lipinski definition) is 4. The van der Waals surface area contributed by atoms with Crippen molar-refractivity contribution in [2.45, 2.75) is 6.42 Å². The molecule has 0 aliphatic carbocycles. The average Bonchev–Trinajstić information content (AvgIpc) is 3.34. The van der Waals surface area contributed by atoms with Crippen molar-refractivity contribution in [2.24, 2.45) is 0 Å². The Morgan fingerprint density at radius 1 is 1.00 bits per heavy atom. The van der Waals surface area contributed by atoms with Crippen LogP contribution in [0.25, 0.3) is 33.3 Å². The van der Waals surface area contributed by atoms with Crippen molar-refractivity contribution in [3.05, 3.63) is 60.6 Å². The lowest BCUT2D eigenvalue weighted by Crippen LogP contribution is -2.27. The highest BCUT2D eigenvalue weighted by atomic mass is 16.4. The van der Waals surface area contributed by atoms with E-state index in [1.54, 1.807) is 24.3 Å². The smallest absolute Gasteiger partial charge is 0.317 e. The minimum Gasteiger partial charge on any atom is -0.480 e. The van der Waals surface area contributed by atoms with Crippen molar-refractivity contribution in [2.75, 3.05) is 50.2 Å². The van der Waals surface area contributed by atoms with Crippen molar-refractivity contribution < 1.29 is 14.3 Å². The van der Waals surface area contributed by atoms with Crippen LogP contribution >= 0.6 is 0 Å². The summed E-state index contributed by atoms with van der Waals surface area (Å²) in [7, 11) is 5.45. The Kier molecular flexibility index (Phi) is 7.00. The topological polar surface area (TPSA) is 141 Å². The molecular weight excluding hydrogens is 484 g/mol. The van der Waals surface area contributed by atoms with E-state index in [4.69, 9.17) is 14.5 Å². The van der Waals surface area contributed by atoms with Crippen molar-refractivity contribution in [3.8, 4) is 11.5 Å². The van der Waals surface area contributed by atoms with Gasteiger partial charge < -0.3 is 25.5 Å². The molecule has 0 radical (unpaired) electrons. The van der Waals surface area contributed by atoms with Gasteiger partial charge in [0.2, 0.25) is 5.89 Å². The number of carbonyl (C=O) groups is 1. The van der Waals surface area contributed by atoms with Crippen LogP contribution < -0.4 is 16.0 Å². The van der Waals surface area contributed by atoms with Gasteiger partial charge in [-0.25, -0.2) is 19.9 Å². The Bertz CT molecular complexity index is 1620. The lowest BCUT2D eigenvalue weighted by molar-refractivity contribution is -0.137. The molecule has 5 aromatic rings. The van der Waals surface area contributed by atoms with Gasteiger partial charge in [0.25, 0.3) is 0 Å². The first-order valence-corrected chi connectivity index (χ1v) is 12.1. The van der Waals surface area contributed by atoms with E-state index in [1.807, 2.05) is 56.6 Å². The first-order chi connectivity index (χ1) is 18.4. The number of carboxylic acids is 1. The maximum absolute atomic E-state index is 10.9. The number of aliphatic carboxylic acids is 1. The number of nitrogens with zero attached hydrogens (tertiary/aromatic N) is 5. The van der Waals surface area contributed by atoms with Crippen molar-refractivity contribution in [1.29, 1.82) is 0 Å². The Labute approximate surface area is 219 Å². The van der Waals surface area contributed by atoms with Crippen LogP contribution in [-0.2, 0) is 11.2 Å². The van der Waals surface area contributed by atoms with Gasteiger partial charge in [-0.3, -0.25) is 9.69 Å². The van der Waals surface area contributed by atoms with Gasteiger partial charge in [0.15, 0.2) is 5.58 Å². The maximum Gasteiger partial charge on any atom is 0.317 e. The largest absolute Gasteiger partial charge is 0.480 e. The van der Waals surface area contributed by atoms with E-state index < -0.39 is 5.97 Å². The van der Waals surface area contributed by atoms with E-state index in [0.717, 1.165) is 33.2 Å². The van der Waals surface area contributed by atoms with Crippen LogP contribution in [-0.4, -0.2) is 70.1 Å². The molecule has 0 fully saturated rings. The molecule has 0 aliphatic rings. The Balaban J connectivity index is 1.46. The molecule has 4 N–H and O–H groups in total. The van der Waals surface area contributed by atoms with Crippen molar-refractivity contribution >= 4 is 51.0 Å². The standard InChI is InChI=1S/C27H28N8O3/c1-28-17-7-8-22-21(11-17)33-27(38-22)20-14-31-26(29-2)19-13-30-24(12-18(19)20)34-23-6-4-5-16(32-23)9-10-35(3)15-25(36)37/h4-8,11-14,28H,9-10,15H2,1-3H3,(H,29,31)(H,36,37)(H,30,32,34). The third-order valence-corrected chi connectivity index (χ3v) is 6.13. The van der Waals surface area contributed by atoms with Crippen LogP contribution in [0.3, 0.4) is 0 Å². The van der Waals surface area contributed by atoms with Gasteiger partial charge in [0, 0.05) is 61.6 Å². The van der Waals surface area contributed by atoms with Crippen LogP contribution in [0.1, 0.15) is 5.69 Å². The number of pyridine rings is 3. The van der Waals surface area contributed by atoms with Crippen molar-refractivity contribution in [1.82, 2.24) is 24.8 Å². The zero-order valence-corrected chi connectivity index (χ0v) is 21.3. The minimum atomic E-state index is -0.852. The number of aromatic nitrogens is 4. The highest BCUT2D eigenvalue weighted by Crippen LogP contribution is 2.34. The van der Waals surface area contributed by atoms with Crippen molar-refractivity contribution in [3.63, 3.8) is 0 Å². The fourth-order valence-corrected chi connectivity index (χ4v) is 4.21. The van der Waals surface area contributed by atoms with Crippen LogP contribution in [0.5, 0.6) is 0 Å². The van der Waals surface area contributed by atoms with Crippen LogP contribution in [0.15, 0.2) is 59.3 Å². The zero-order chi connectivity index (χ0) is 26.6. The van der Waals surface area contributed by atoms with E-state index in [1.165, 1.54) is 0 Å². The second-order valence-electron chi connectivity index (χ2n) is 8.86. The summed E-state index contributed by atoms with van der Waals surface area (Å²) in [6.07, 6.45) is 4.12. The second-order valence-corrected chi connectivity index (χ2v) is 8.86. The molecular formula is C27H28N8O3. The molecule has 0 spiro atoms. The Morgan fingerprint density at radius 3 is 2.66 bits per heavy atom. The van der Waals surface area contributed by atoms with Gasteiger partial charge >= 0.3 is 5.97 Å². The second kappa shape index (κ2) is 10.7. The fraction of sp³-hybridized carbons (Fsp3) is 0.222. The molecule has 0 saturated carbocycles. The summed E-state index contributed by atoms with van der Waals surface area (Å²) < 4.78 is 6.09. The number of anilines is 4. The molecule has 5 rings (SSSR count). The van der Waals surface area contributed by atoms with E-state index in [9.17, 15) is 4.79 Å². The monoisotopic (exact) mass is 512 g/mol. The lowest BCUT2D eigenvalue weighted by atomic mass is 10.1. The first-order valence-electron chi connectivity index (χ1n) is 12.1. The number of likely N-dealkylation sites (N-methyl/N-ethyl adjacent to an activating group) is 1. The van der Waals surface area contributed by atoms with Gasteiger partial charge in [-0.05, 0) is 43.4 Å². The molecule has 4 heterocycles. The molecule has 0 atom stereocenters. The normalized spacial score (nSPS) is 11.3. The van der Waals surface area contributed by atoms with Gasteiger partial charge in [-0.2, -0.15) is 0 Å². The number of rotatable bonds is 10. The number of carboxylic acid groups (broad SMARTS) is 1. The first kappa shape index (κ1) is 24.9. The maximum atomic E-state index is 10.9. The molecule has 194 valence electrons. The van der Waals surface area contributed by atoms with Crippen LogP contribution in [0.4, 0.5) is 23.1 Å². The fourth-order valence-electron chi connectivity index (χ4n) is 4.21. The summed E-state index contributed by atoms with van der Waals surface area (Å²) in [6, 6.07) is 13.4. The van der Waals surface area contributed by atoms with Crippen LogP contribution in [0.2, 0.25) is 0 Å².